The zero-order valence-electron chi connectivity index (χ0n) is 9.88. The van der Waals surface area contributed by atoms with E-state index in [9.17, 15) is 14.9 Å². The van der Waals surface area contributed by atoms with E-state index in [-0.39, 0.29) is 22.7 Å². The fourth-order valence-electron chi connectivity index (χ4n) is 1.55. The lowest BCUT2D eigenvalue weighted by molar-refractivity contribution is -0.385. The molecule has 0 aromatic heterocycles. The number of halogens is 2. The van der Waals surface area contributed by atoms with Crippen LogP contribution >= 0.6 is 23.2 Å². The van der Waals surface area contributed by atoms with Crippen LogP contribution in [0.2, 0.25) is 10.0 Å². The molecule has 20 heavy (non-hydrogen) atoms. The summed E-state index contributed by atoms with van der Waals surface area (Å²) in [6.07, 6.45) is 0.521. The van der Waals surface area contributed by atoms with E-state index in [1.807, 2.05) is 0 Å². The van der Waals surface area contributed by atoms with E-state index in [2.05, 4.69) is 0 Å². The van der Waals surface area contributed by atoms with Gasteiger partial charge in [0.1, 0.15) is 12.0 Å². The molecule has 0 radical (unpaired) electrons. The van der Waals surface area contributed by atoms with Gasteiger partial charge in [-0.2, -0.15) is 0 Å². The molecule has 0 aliphatic heterocycles. The summed E-state index contributed by atoms with van der Waals surface area (Å²) in [5.41, 5.74) is -0.126. The summed E-state index contributed by atoms with van der Waals surface area (Å²) in [6, 6.07) is 8.36. The molecule has 7 heteroatoms. The maximum atomic E-state index is 11.0. The van der Waals surface area contributed by atoms with Crippen molar-refractivity contribution in [3.63, 3.8) is 0 Å². The van der Waals surface area contributed by atoms with Gasteiger partial charge < -0.3 is 4.74 Å². The predicted octanol–water partition coefficient (Wildman–Crippen LogP) is 4.51. The third-order valence-electron chi connectivity index (χ3n) is 2.38. The summed E-state index contributed by atoms with van der Waals surface area (Å²) in [4.78, 5) is 21.0. The highest BCUT2D eigenvalue weighted by molar-refractivity contribution is 6.34. The van der Waals surface area contributed by atoms with Gasteiger partial charge in [-0.3, -0.25) is 14.9 Å². The minimum Gasteiger partial charge on any atom is -0.450 e. The fourth-order valence-corrected chi connectivity index (χ4v) is 2.06. The summed E-state index contributed by atoms with van der Waals surface area (Å²) >= 11 is 11.6. The zero-order valence-corrected chi connectivity index (χ0v) is 11.4. The number of aldehydes is 1. The van der Waals surface area contributed by atoms with Crippen LogP contribution in [0.25, 0.3) is 0 Å². The molecule has 0 aliphatic carbocycles. The summed E-state index contributed by atoms with van der Waals surface area (Å²) in [6.45, 7) is 0. The van der Waals surface area contributed by atoms with Gasteiger partial charge in [0.2, 0.25) is 5.75 Å². The largest absolute Gasteiger partial charge is 0.450 e. The lowest BCUT2D eigenvalue weighted by Gasteiger charge is -2.07. The van der Waals surface area contributed by atoms with Crippen LogP contribution in [0.15, 0.2) is 36.4 Å². The van der Waals surface area contributed by atoms with Crippen molar-refractivity contribution in [1.29, 1.82) is 0 Å². The molecule has 0 amide bonds. The average Bonchev–Trinajstić information content (AvgIpc) is 2.37. The quantitative estimate of drug-likeness (QED) is 0.473. The van der Waals surface area contributed by atoms with Crippen LogP contribution in [-0.2, 0) is 0 Å². The second kappa shape index (κ2) is 5.90. The molecule has 0 N–H and O–H groups in total. The monoisotopic (exact) mass is 311 g/mol. The number of nitrogens with zero attached hydrogens (tertiary/aromatic N) is 1. The molecular formula is C13H7Cl2NO4. The van der Waals surface area contributed by atoms with Crippen molar-refractivity contribution in [3.8, 4) is 11.5 Å². The van der Waals surface area contributed by atoms with Crippen molar-refractivity contribution in [2.75, 3.05) is 0 Å². The number of rotatable bonds is 4. The Balaban J connectivity index is 2.42. The molecule has 0 atom stereocenters. The molecule has 2 aromatic rings. The smallest absolute Gasteiger partial charge is 0.312 e. The second-order valence-corrected chi connectivity index (χ2v) is 4.68. The zero-order chi connectivity index (χ0) is 14.7. The van der Waals surface area contributed by atoms with Crippen LogP contribution < -0.4 is 4.74 Å². The van der Waals surface area contributed by atoms with Crippen LogP contribution in [0.1, 0.15) is 10.4 Å². The third kappa shape index (κ3) is 3.26. The van der Waals surface area contributed by atoms with Crippen molar-refractivity contribution in [1.82, 2.24) is 0 Å². The third-order valence-corrected chi connectivity index (χ3v) is 2.82. The number of nitro groups is 1. The average molecular weight is 312 g/mol. The van der Waals surface area contributed by atoms with Crippen molar-refractivity contribution in [2.45, 2.75) is 0 Å². The number of nitro benzene ring substituents is 1. The number of hydrogen-bond donors (Lipinski definition) is 0. The first-order valence-electron chi connectivity index (χ1n) is 5.37. The van der Waals surface area contributed by atoms with Gasteiger partial charge in [0.25, 0.3) is 0 Å². The Morgan fingerprint density at radius 2 is 1.75 bits per heavy atom. The van der Waals surface area contributed by atoms with E-state index < -0.39 is 4.92 Å². The molecule has 2 rings (SSSR count). The molecule has 0 fully saturated rings. The molecule has 0 saturated heterocycles. The Hall–Kier alpha value is -2.11. The molecule has 102 valence electrons. The van der Waals surface area contributed by atoms with E-state index in [0.717, 1.165) is 6.07 Å². The van der Waals surface area contributed by atoms with Crippen molar-refractivity contribution in [3.05, 3.63) is 62.1 Å². The summed E-state index contributed by atoms with van der Waals surface area (Å²) in [5, 5.41) is 11.7. The Morgan fingerprint density at radius 3 is 2.30 bits per heavy atom. The minimum absolute atomic E-state index is 0.000988. The second-order valence-electron chi connectivity index (χ2n) is 3.81. The normalized spacial score (nSPS) is 10.1. The molecule has 5 nitrogen and oxygen atoms in total. The highest BCUT2D eigenvalue weighted by Crippen LogP contribution is 2.34. The van der Waals surface area contributed by atoms with Crippen molar-refractivity contribution >= 4 is 35.2 Å². The first-order chi connectivity index (χ1) is 9.49. The molecule has 0 heterocycles. The summed E-state index contributed by atoms with van der Waals surface area (Å²) in [7, 11) is 0. The van der Waals surface area contributed by atoms with Crippen LogP contribution in [0, 0.1) is 10.1 Å². The van der Waals surface area contributed by atoms with E-state index in [0.29, 0.717) is 16.3 Å². The van der Waals surface area contributed by atoms with Gasteiger partial charge in [0.15, 0.2) is 0 Å². The number of hydrogen-bond acceptors (Lipinski definition) is 4. The van der Waals surface area contributed by atoms with Crippen molar-refractivity contribution in [2.24, 2.45) is 0 Å². The van der Waals surface area contributed by atoms with E-state index in [4.69, 9.17) is 27.9 Å². The van der Waals surface area contributed by atoms with E-state index in [1.54, 1.807) is 0 Å². The van der Waals surface area contributed by atoms with Crippen LogP contribution in [0.4, 0.5) is 5.69 Å². The topological polar surface area (TPSA) is 69.4 Å². The van der Waals surface area contributed by atoms with Gasteiger partial charge in [-0.15, -0.1) is 0 Å². The molecule has 2 aromatic carbocycles. The summed E-state index contributed by atoms with van der Waals surface area (Å²) in [5.74, 6) is 0.267. The lowest BCUT2D eigenvalue weighted by Crippen LogP contribution is -1.95. The fraction of sp³-hybridized carbons (Fsp3) is 0. The van der Waals surface area contributed by atoms with Gasteiger partial charge in [-0.1, -0.05) is 23.2 Å². The molecule has 0 spiro atoms. The van der Waals surface area contributed by atoms with Gasteiger partial charge >= 0.3 is 5.69 Å². The van der Waals surface area contributed by atoms with E-state index in [1.165, 1.54) is 30.3 Å². The van der Waals surface area contributed by atoms with E-state index >= 15 is 0 Å². The molecule has 0 saturated carbocycles. The Morgan fingerprint density at radius 1 is 1.10 bits per heavy atom. The highest BCUT2D eigenvalue weighted by Gasteiger charge is 2.17. The maximum absolute atomic E-state index is 11.0. The number of carbonyl (C=O) groups is 1. The Bertz CT molecular complexity index is 668. The Kier molecular flexibility index (Phi) is 4.22. The highest BCUT2D eigenvalue weighted by atomic mass is 35.5. The van der Waals surface area contributed by atoms with Crippen LogP contribution in [0.3, 0.4) is 0 Å². The Labute approximate surface area is 123 Å². The number of benzene rings is 2. The molecule has 0 bridgehead atoms. The minimum atomic E-state index is -0.630. The number of ether oxygens (including phenoxy) is 1. The van der Waals surface area contributed by atoms with Crippen LogP contribution in [0.5, 0.6) is 11.5 Å². The van der Waals surface area contributed by atoms with Gasteiger partial charge in [0.05, 0.1) is 4.92 Å². The van der Waals surface area contributed by atoms with Gasteiger partial charge in [0, 0.05) is 21.7 Å². The van der Waals surface area contributed by atoms with Gasteiger partial charge in [-0.05, 0) is 30.3 Å². The van der Waals surface area contributed by atoms with Crippen molar-refractivity contribution < 1.29 is 14.5 Å². The summed E-state index contributed by atoms with van der Waals surface area (Å²) < 4.78 is 5.41. The predicted molar refractivity (Wildman–Crippen MR) is 75.0 cm³/mol. The van der Waals surface area contributed by atoms with Gasteiger partial charge in [-0.25, -0.2) is 0 Å². The lowest BCUT2D eigenvalue weighted by atomic mass is 10.2. The first kappa shape index (κ1) is 14.3. The standard InChI is InChI=1S/C13H7Cl2NO4/c14-9-4-10(15)6-11(5-9)20-13-2-1-8(7-17)3-12(13)16(18)19/h1-7H. The molecule has 0 aliphatic rings. The molecule has 0 unspecified atom stereocenters. The maximum Gasteiger partial charge on any atom is 0.312 e. The SMILES string of the molecule is O=Cc1ccc(Oc2cc(Cl)cc(Cl)c2)c([N+](=O)[O-])c1. The van der Waals surface area contributed by atoms with Crippen LogP contribution in [-0.4, -0.2) is 11.2 Å². The molecular weight excluding hydrogens is 305 g/mol. The number of carbonyl (C=O) groups excluding carboxylic acids is 1. The first-order valence-corrected chi connectivity index (χ1v) is 6.13.